The first-order valence-electron chi connectivity index (χ1n) is 17.3. The molecule has 1 atom stereocenters. The molecule has 48 heavy (non-hydrogen) atoms. The van der Waals surface area contributed by atoms with Gasteiger partial charge in [0, 0.05) is 69.1 Å². The third kappa shape index (κ3) is 6.05. The maximum absolute atomic E-state index is 13.1. The van der Waals surface area contributed by atoms with Crippen molar-refractivity contribution >= 4 is 34.3 Å². The van der Waals surface area contributed by atoms with Crippen LogP contribution < -0.4 is 15.0 Å². The molecule has 1 N–H and O–H groups in total. The second-order valence-corrected chi connectivity index (χ2v) is 13.8. The molecule has 3 amide bonds. The number of imide groups is 1. The van der Waals surface area contributed by atoms with Crippen molar-refractivity contribution in [1.29, 1.82) is 0 Å². The van der Waals surface area contributed by atoms with Crippen LogP contribution in [-0.4, -0.2) is 75.6 Å². The predicted octanol–water partition coefficient (Wildman–Crippen LogP) is 4.76. The third-order valence-corrected chi connectivity index (χ3v) is 10.8. The van der Waals surface area contributed by atoms with Crippen LogP contribution in [0.1, 0.15) is 71.5 Å². The molecule has 0 aliphatic carbocycles. The topological polar surface area (TPSA) is 100 Å². The lowest BCUT2D eigenvalue weighted by Gasteiger charge is -2.34. The number of hydrogen-bond acceptors (Lipinski definition) is 7. The van der Waals surface area contributed by atoms with Gasteiger partial charge in [-0.15, -0.1) is 0 Å². The number of ether oxygens (including phenoxy) is 1. The molecule has 4 aliphatic heterocycles. The molecule has 0 saturated carbocycles. The number of nitrogens with zero attached hydrogens (tertiary/aromatic N) is 5. The minimum Gasteiger partial charge on any atom is -0.490 e. The SMILES string of the molecule is Cn1ncc2cc(OC3CCN(c4ccc(CN5CCC(c6ccc7c(c6)CN(C6CCC(=O)NC6=O)C7=O)CC5)cc4)CC3)ccc21. The Morgan fingerprint density at radius 1 is 0.875 bits per heavy atom. The first kappa shape index (κ1) is 30.6. The Kier molecular flexibility index (Phi) is 8.12. The van der Waals surface area contributed by atoms with Gasteiger partial charge in [-0.2, -0.15) is 5.10 Å². The first-order valence-corrected chi connectivity index (χ1v) is 17.3. The summed E-state index contributed by atoms with van der Waals surface area (Å²) in [6.07, 6.45) is 6.93. The fourth-order valence-corrected chi connectivity index (χ4v) is 7.98. The fraction of sp³-hybridized carbons (Fsp3) is 0.421. The maximum Gasteiger partial charge on any atom is 0.255 e. The monoisotopic (exact) mass is 646 g/mol. The summed E-state index contributed by atoms with van der Waals surface area (Å²) in [6.45, 7) is 5.41. The highest BCUT2D eigenvalue weighted by Crippen LogP contribution is 2.34. The van der Waals surface area contributed by atoms with Gasteiger partial charge < -0.3 is 14.5 Å². The van der Waals surface area contributed by atoms with Gasteiger partial charge in [-0.05, 0) is 91.4 Å². The Hall–Kier alpha value is -4.70. The fourth-order valence-electron chi connectivity index (χ4n) is 7.98. The van der Waals surface area contributed by atoms with Crippen LogP contribution >= 0.6 is 0 Å². The number of carbonyl (C=O) groups is 3. The van der Waals surface area contributed by atoms with Gasteiger partial charge in [0.1, 0.15) is 17.9 Å². The second-order valence-electron chi connectivity index (χ2n) is 13.8. The Morgan fingerprint density at radius 3 is 2.44 bits per heavy atom. The molecule has 4 aliphatic rings. The van der Waals surface area contributed by atoms with E-state index in [-0.39, 0.29) is 30.2 Å². The highest BCUT2D eigenvalue weighted by atomic mass is 16.5. The summed E-state index contributed by atoms with van der Waals surface area (Å²) in [4.78, 5) is 43.7. The van der Waals surface area contributed by atoms with Crippen LogP contribution in [0.15, 0.2) is 66.9 Å². The maximum atomic E-state index is 13.1. The molecule has 3 saturated heterocycles. The van der Waals surface area contributed by atoms with Crippen LogP contribution in [0.3, 0.4) is 0 Å². The van der Waals surface area contributed by atoms with Crippen molar-refractivity contribution in [2.75, 3.05) is 31.1 Å². The van der Waals surface area contributed by atoms with Crippen LogP contribution in [0.2, 0.25) is 0 Å². The predicted molar refractivity (Wildman–Crippen MR) is 183 cm³/mol. The Balaban J connectivity index is 0.805. The van der Waals surface area contributed by atoms with Gasteiger partial charge in [0.15, 0.2) is 0 Å². The average molecular weight is 647 g/mol. The second kappa shape index (κ2) is 12.7. The number of aryl methyl sites for hydroxylation is 1. The molecule has 1 unspecified atom stereocenters. The number of fused-ring (bicyclic) bond motifs is 2. The Bertz CT molecular complexity index is 1850. The van der Waals surface area contributed by atoms with E-state index in [0.29, 0.717) is 24.4 Å². The van der Waals surface area contributed by atoms with Crippen molar-refractivity contribution in [3.63, 3.8) is 0 Å². The lowest BCUT2D eigenvalue weighted by atomic mass is 9.87. The molecule has 5 heterocycles. The summed E-state index contributed by atoms with van der Waals surface area (Å²) in [7, 11) is 1.96. The van der Waals surface area contributed by atoms with E-state index < -0.39 is 6.04 Å². The average Bonchev–Trinajstić information content (AvgIpc) is 3.64. The summed E-state index contributed by atoms with van der Waals surface area (Å²) >= 11 is 0. The summed E-state index contributed by atoms with van der Waals surface area (Å²) in [5.41, 5.74) is 6.68. The number of nitrogens with one attached hydrogen (secondary N) is 1. The first-order chi connectivity index (χ1) is 23.4. The van der Waals surface area contributed by atoms with Crippen molar-refractivity contribution in [3.05, 3.63) is 89.1 Å². The molecule has 3 aromatic carbocycles. The van der Waals surface area contributed by atoms with Crippen LogP contribution in [0, 0.1) is 0 Å². The molecule has 0 spiro atoms. The molecule has 8 rings (SSSR count). The van der Waals surface area contributed by atoms with Gasteiger partial charge in [0.05, 0.1) is 11.7 Å². The van der Waals surface area contributed by atoms with E-state index in [0.717, 1.165) is 80.6 Å². The van der Waals surface area contributed by atoms with Gasteiger partial charge in [0.25, 0.3) is 5.91 Å². The van der Waals surface area contributed by atoms with Crippen LogP contribution in [0.5, 0.6) is 5.75 Å². The van der Waals surface area contributed by atoms with E-state index in [1.807, 2.05) is 30.1 Å². The number of piperidine rings is 3. The van der Waals surface area contributed by atoms with E-state index >= 15 is 0 Å². The van der Waals surface area contributed by atoms with Gasteiger partial charge in [-0.25, -0.2) is 0 Å². The minimum atomic E-state index is -0.574. The Morgan fingerprint density at radius 2 is 1.67 bits per heavy atom. The molecule has 10 heteroatoms. The number of rotatable bonds is 7. The van der Waals surface area contributed by atoms with Crippen molar-refractivity contribution in [1.82, 2.24) is 24.9 Å². The lowest BCUT2D eigenvalue weighted by Crippen LogP contribution is -2.52. The van der Waals surface area contributed by atoms with E-state index in [2.05, 4.69) is 68.7 Å². The molecule has 1 aromatic heterocycles. The van der Waals surface area contributed by atoms with Gasteiger partial charge >= 0.3 is 0 Å². The third-order valence-electron chi connectivity index (χ3n) is 10.8. The summed E-state index contributed by atoms with van der Waals surface area (Å²) < 4.78 is 8.23. The molecule has 248 valence electrons. The Labute approximate surface area is 280 Å². The lowest BCUT2D eigenvalue weighted by molar-refractivity contribution is -0.136. The molecule has 0 bridgehead atoms. The highest BCUT2D eigenvalue weighted by Gasteiger charge is 2.39. The number of aromatic nitrogens is 2. The molecular weight excluding hydrogens is 604 g/mol. The number of hydrogen-bond donors (Lipinski definition) is 1. The van der Waals surface area contributed by atoms with Crippen LogP contribution in [-0.2, 0) is 29.7 Å². The van der Waals surface area contributed by atoms with Gasteiger partial charge in [-0.3, -0.25) is 29.3 Å². The quantitative estimate of drug-likeness (QED) is 0.289. The smallest absolute Gasteiger partial charge is 0.255 e. The molecule has 4 aromatic rings. The van der Waals surface area contributed by atoms with E-state index in [1.165, 1.54) is 16.8 Å². The number of carbonyl (C=O) groups excluding carboxylic acids is 3. The molecule has 10 nitrogen and oxygen atoms in total. The number of anilines is 1. The number of benzene rings is 3. The van der Waals surface area contributed by atoms with E-state index in [9.17, 15) is 14.4 Å². The largest absolute Gasteiger partial charge is 0.490 e. The molecule has 3 fully saturated rings. The minimum absolute atomic E-state index is 0.111. The van der Waals surface area contributed by atoms with Gasteiger partial charge in [-0.1, -0.05) is 24.3 Å². The highest BCUT2D eigenvalue weighted by molar-refractivity contribution is 6.05. The summed E-state index contributed by atoms with van der Waals surface area (Å²) in [5, 5.41) is 7.83. The van der Waals surface area contributed by atoms with Crippen LogP contribution in [0.25, 0.3) is 10.9 Å². The normalized spacial score (nSPS) is 21.2. The van der Waals surface area contributed by atoms with Crippen molar-refractivity contribution in [2.24, 2.45) is 7.05 Å². The molecule has 0 radical (unpaired) electrons. The van der Waals surface area contributed by atoms with Crippen molar-refractivity contribution in [3.8, 4) is 5.75 Å². The zero-order chi connectivity index (χ0) is 32.8. The van der Waals surface area contributed by atoms with Crippen molar-refractivity contribution in [2.45, 2.75) is 69.7 Å². The van der Waals surface area contributed by atoms with E-state index in [4.69, 9.17) is 4.74 Å². The summed E-state index contributed by atoms with van der Waals surface area (Å²) in [5.74, 6) is 0.639. The van der Waals surface area contributed by atoms with Crippen molar-refractivity contribution < 1.29 is 19.1 Å². The zero-order valence-corrected chi connectivity index (χ0v) is 27.4. The summed E-state index contributed by atoms with van der Waals surface area (Å²) in [6, 6.07) is 20.9. The molecular formula is C38H42N6O4. The number of amides is 3. The van der Waals surface area contributed by atoms with Crippen LogP contribution in [0.4, 0.5) is 5.69 Å². The standard InChI is InChI=1S/C38H42N6O4/c1-41-34-9-7-32(21-28(34)22-39-41)48-31-14-18-43(19-15-31)30-5-2-25(3-6-30)23-42-16-12-26(13-17-42)27-4-8-33-29(20-27)24-44(38(33)47)35-10-11-36(45)40-37(35)46/h2-9,20-22,26,31,35H,10-19,23-24H2,1H3,(H,40,45,46). The van der Waals surface area contributed by atoms with Gasteiger partial charge in [0.2, 0.25) is 11.8 Å². The zero-order valence-electron chi connectivity index (χ0n) is 27.4. The number of likely N-dealkylation sites (tertiary alicyclic amines) is 1. The van der Waals surface area contributed by atoms with E-state index in [1.54, 1.807) is 4.90 Å².